The zero-order valence-electron chi connectivity index (χ0n) is 13.0. The molecule has 0 aliphatic carbocycles. The van der Waals surface area contributed by atoms with Gasteiger partial charge in [0.1, 0.15) is 0 Å². The minimum Gasteiger partial charge on any atom is -0.396 e. The lowest BCUT2D eigenvalue weighted by Crippen LogP contribution is -2.38. The Morgan fingerprint density at radius 3 is 2.67 bits per heavy atom. The van der Waals surface area contributed by atoms with E-state index >= 15 is 0 Å². The van der Waals surface area contributed by atoms with Crippen molar-refractivity contribution in [1.82, 2.24) is 4.90 Å². The second-order valence-corrected chi connectivity index (χ2v) is 5.21. The van der Waals surface area contributed by atoms with Crippen LogP contribution < -0.4 is 5.73 Å². The maximum absolute atomic E-state index is 12.6. The highest BCUT2D eigenvalue weighted by Gasteiger charge is 2.18. The van der Waals surface area contributed by atoms with Crippen molar-refractivity contribution in [3.05, 3.63) is 34.9 Å². The van der Waals surface area contributed by atoms with E-state index in [0.717, 1.165) is 11.1 Å². The van der Waals surface area contributed by atoms with Gasteiger partial charge in [-0.25, -0.2) is 0 Å². The van der Waals surface area contributed by atoms with Crippen LogP contribution in [0.25, 0.3) is 0 Å². The third kappa shape index (κ3) is 4.89. The third-order valence-corrected chi connectivity index (χ3v) is 3.24. The van der Waals surface area contributed by atoms with Gasteiger partial charge in [-0.2, -0.15) is 0 Å². The molecular formula is C17H24N2O2. The molecule has 21 heavy (non-hydrogen) atoms. The third-order valence-electron chi connectivity index (χ3n) is 3.24. The monoisotopic (exact) mass is 288 g/mol. The van der Waals surface area contributed by atoms with Crippen LogP contribution >= 0.6 is 0 Å². The highest BCUT2D eigenvalue weighted by molar-refractivity contribution is 5.94. The molecule has 0 heterocycles. The predicted octanol–water partition coefficient (Wildman–Crippen LogP) is 1.54. The van der Waals surface area contributed by atoms with Crippen molar-refractivity contribution in [2.24, 2.45) is 5.73 Å². The van der Waals surface area contributed by atoms with Crippen molar-refractivity contribution in [2.45, 2.75) is 33.2 Å². The van der Waals surface area contributed by atoms with Crippen molar-refractivity contribution in [1.29, 1.82) is 0 Å². The number of aliphatic hydroxyl groups is 1. The summed E-state index contributed by atoms with van der Waals surface area (Å²) >= 11 is 0. The van der Waals surface area contributed by atoms with Crippen LogP contribution in [0.1, 0.15) is 41.8 Å². The average molecular weight is 288 g/mol. The van der Waals surface area contributed by atoms with E-state index in [2.05, 4.69) is 11.8 Å². The normalized spacial score (nSPS) is 10.2. The fourth-order valence-electron chi connectivity index (χ4n) is 2.08. The van der Waals surface area contributed by atoms with Gasteiger partial charge in [0.25, 0.3) is 5.91 Å². The molecule has 0 bridgehead atoms. The Hall–Kier alpha value is -1.83. The van der Waals surface area contributed by atoms with Gasteiger partial charge < -0.3 is 15.7 Å². The summed E-state index contributed by atoms with van der Waals surface area (Å²) in [5, 5.41) is 8.95. The molecule has 4 heteroatoms. The quantitative estimate of drug-likeness (QED) is 0.808. The molecule has 0 fully saturated rings. The van der Waals surface area contributed by atoms with Crippen LogP contribution in [0.4, 0.5) is 0 Å². The Morgan fingerprint density at radius 1 is 1.43 bits per heavy atom. The summed E-state index contributed by atoms with van der Waals surface area (Å²) in [5.41, 5.74) is 7.88. The second kappa shape index (κ2) is 8.46. The zero-order chi connectivity index (χ0) is 15.8. The van der Waals surface area contributed by atoms with Crippen LogP contribution in [-0.4, -0.2) is 41.7 Å². The average Bonchev–Trinajstić information content (AvgIpc) is 2.45. The van der Waals surface area contributed by atoms with Crippen LogP contribution in [0.3, 0.4) is 0 Å². The molecule has 1 amide bonds. The minimum absolute atomic E-state index is 0.0140. The molecule has 0 aliphatic heterocycles. The second-order valence-electron chi connectivity index (χ2n) is 5.21. The van der Waals surface area contributed by atoms with E-state index in [4.69, 9.17) is 10.8 Å². The molecule has 0 aliphatic rings. The Bertz CT molecular complexity index is 541. The lowest BCUT2D eigenvalue weighted by atomic mass is 10.0. The standard InChI is InChI=1S/C17H24N2O2/c1-13(2)19(10-5-11-20)17(21)16-8-7-15(6-4-9-18)14(3)12-16/h7-8,12-13,20H,5,9-11,18H2,1-3H3. The largest absolute Gasteiger partial charge is 0.396 e. The molecule has 0 spiro atoms. The number of carbonyl (C=O) groups is 1. The van der Waals surface area contributed by atoms with Gasteiger partial charge in [0.05, 0.1) is 6.54 Å². The molecule has 1 rings (SSSR count). The van der Waals surface area contributed by atoms with Gasteiger partial charge in [-0.3, -0.25) is 4.79 Å². The summed E-state index contributed by atoms with van der Waals surface area (Å²) in [6.45, 7) is 6.85. The lowest BCUT2D eigenvalue weighted by Gasteiger charge is -2.26. The molecule has 0 atom stereocenters. The first-order chi connectivity index (χ1) is 10.0. The van der Waals surface area contributed by atoms with E-state index in [1.807, 2.05) is 32.9 Å². The van der Waals surface area contributed by atoms with Crippen LogP contribution in [0.15, 0.2) is 18.2 Å². The van der Waals surface area contributed by atoms with Gasteiger partial charge in [0.2, 0.25) is 0 Å². The molecule has 0 saturated carbocycles. The Labute approximate surface area is 127 Å². The number of rotatable bonds is 5. The summed E-state index contributed by atoms with van der Waals surface area (Å²) < 4.78 is 0. The first-order valence-corrected chi connectivity index (χ1v) is 7.22. The Kier molecular flexibility index (Phi) is 6.93. The van der Waals surface area contributed by atoms with Crippen LogP contribution in [0.5, 0.6) is 0 Å². The number of amides is 1. The highest BCUT2D eigenvalue weighted by Crippen LogP contribution is 2.14. The van der Waals surface area contributed by atoms with E-state index in [0.29, 0.717) is 25.1 Å². The first-order valence-electron chi connectivity index (χ1n) is 7.22. The molecule has 0 aromatic heterocycles. The molecule has 1 aromatic rings. The number of hydrogen-bond acceptors (Lipinski definition) is 3. The zero-order valence-corrected chi connectivity index (χ0v) is 13.0. The molecule has 114 valence electrons. The molecule has 0 unspecified atom stereocenters. The highest BCUT2D eigenvalue weighted by atomic mass is 16.3. The van der Waals surface area contributed by atoms with Gasteiger partial charge in [-0.1, -0.05) is 11.8 Å². The van der Waals surface area contributed by atoms with E-state index in [1.54, 1.807) is 11.0 Å². The van der Waals surface area contributed by atoms with Crippen LogP contribution in [-0.2, 0) is 0 Å². The topological polar surface area (TPSA) is 66.6 Å². The number of nitrogens with zero attached hydrogens (tertiary/aromatic N) is 1. The maximum Gasteiger partial charge on any atom is 0.254 e. The van der Waals surface area contributed by atoms with Gasteiger partial charge in [0.15, 0.2) is 0 Å². The summed E-state index contributed by atoms with van der Waals surface area (Å²) in [6.07, 6.45) is 0.586. The molecule has 4 nitrogen and oxygen atoms in total. The Morgan fingerprint density at radius 2 is 2.14 bits per heavy atom. The first kappa shape index (κ1) is 17.2. The molecule has 0 saturated heterocycles. The number of aliphatic hydroxyl groups excluding tert-OH is 1. The van der Waals surface area contributed by atoms with Crippen molar-refractivity contribution in [3.8, 4) is 11.8 Å². The van der Waals surface area contributed by atoms with Crippen molar-refractivity contribution < 1.29 is 9.90 Å². The smallest absolute Gasteiger partial charge is 0.254 e. The number of nitrogens with two attached hydrogens (primary N) is 1. The Balaban J connectivity index is 2.98. The van der Waals surface area contributed by atoms with Crippen molar-refractivity contribution >= 4 is 5.91 Å². The van der Waals surface area contributed by atoms with E-state index in [9.17, 15) is 4.79 Å². The summed E-state index contributed by atoms with van der Waals surface area (Å²) in [7, 11) is 0. The fourth-order valence-corrected chi connectivity index (χ4v) is 2.08. The van der Waals surface area contributed by atoms with Crippen molar-refractivity contribution in [2.75, 3.05) is 19.7 Å². The number of benzene rings is 1. The van der Waals surface area contributed by atoms with Crippen LogP contribution in [0, 0.1) is 18.8 Å². The van der Waals surface area contributed by atoms with Gasteiger partial charge in [-0.15, -0.1) is 0 Å². The summed E-state index contributed by atoms with van der Waals surface area (Å²) in [4.78, 5) is 14.3. The molecule has 0 radical (unpaired) electrons. The number of carbonyl (C=O) groups excluding carboxylic acids is 1. The lowest BCUT2D eigenvalue weighted by molar-refractivity contribution is 0.0693. The predicted molar refractivity (Wildman–Crippen MR) is 85.0 cm³/mol. The molecule has 3 N–H and O–H groups in total. The molecule has 1 aromatic carbocycles. The van der Waals surface area contributed by atoms with Gasteiger partial charge in [0, 0.05) is 30.3 Å². The summed E-state index contributed by atoms with van der Waals surface area (Å²) in [5.74, 6) is 5.80. The van der Waals surface area contributed by atoms with E-state index in [-0.39, 0.29) is 18.6 Å². The SMILES string of the molecule is Cc1cc(C(=O)N(CCCO)C(C)C)ccc1C#CCN. The van der Waals surface area contributed by atoms with Gasteiger partial charge >= 0.3 is 0 Å². The van der Waals surface area contributed by atoms with Crippen molar-refractivity contribution in [3.63, 3.8) is 0 Å². The number of aryl methyl sites for hydroxylation is 1. The minimum atomic E-state index is -0.0140. The fraction of sp³-hybridized carbons (Fsp3) is 0.471. The van der Waals surface area contributed by atoms with Gasteiger partial charge in [-0.05, 0) is 51.0 Å². The maximum atomic E-state index is 12.6. The van der Waals surface area contributed by atoms with Crippen LogP contribution in [0.2, 0.25) is 0 Å². The molecular weight excluding hydrogens is 264 g/mol. The van der Waals surface area contributed by atoms with E-state index in [1.165, 1.54) is 0 Å². The summed E-state index contributed by atoms with van der Waals surface area (Å²) in [6, 6.07) is 5.61. The van der Waals surface area contributed by atoms with E-state index < -0.39 is 0 Å². The number of hydrogen-bond donors (Lipinski definition) is 2.